The first-order valence-corrected chi connectivity index (χ1v) is 6.82. The molecule has 0 aromatic heterocycles. The minimum Gasteiger partial charge on any atom is -0.356 e. The molecule has 3 rings (SSSR count). The first kappa shape index (κ1) is 11.1. The van der Waals surface area contributed by atoms with E-state index < -0.39 is 0 Å². The largest absolute Gasteiger partial charge is 0.356 e. The van der Waals surface area contributed by atoms with Gasteiger partial charge in [0.2, 0.25) is 0 Å². The van der Waals surface area contributed by atoms with Crippen molar-refractivity contribution in [1.29, 1.82) is 0 Å². The molecule has 1 heterocycles. The van der Waals surface area contributed by atoms with Gasteiger partial charge in [-0.1, -0.05) is 42.5 Å². The monoisotopic (exact) mass is 335 g/mol. The van der Waals surface area contributed by atoms with Crippen LogP contribution in [0.3, 0.4) is 0 Å². The number of hydrogen-bond acceptors (Lipinski definition) is 1. The van der Waals surface area contributed by atoms with E-state index in [-0.39, 0.29) is 3.55 Å². The van der Waals surface area contributed by atoms with E-state index in [0.717, 1.165) is 0 Å². The Bertz CT molecular complexity index is 575. The second-order valence-electron chi connectivity index (χ2n) is 4.58. The van der Waals surface area contributed by atoms with Gasteiger partial charge in [0.15, 0.2) is 0 Å². The van der Waals surface area contributed by atoms with E-state index in [1.54, 1.807) is 0 Å². The molecule has 2 aromatic rings. The van der Waals surface area contributed by atoms with Crippen molar-refractivity contribution in [2.24, 2.45) is 0 Å². The first-order valence-electron chi connectivity index (χ1n) is 5.74. The van der Waals surface area contributed by atoms with E-state index in [0.29, 0.717) is 0 Å². The van der Waals surface area contributed by atoms with E-state index in [1.807, 2.05) is 0 Å². The van der Waals surface area contributed by atoms with Crippen LogP contribution in [0, 0.1) is 0 Å². The molecule has 0 bridgehead atoms. The summed E-state index contributed by atoms with van der Waals surface area (Å²) in [4.78, 5) is 2.35. The van der Waals surface area contributed by atoms with Crippen LogP contribution in [-0.2, 0) is 3.55 Å². The highest BCUT2D eigenvalue weighted by molar-refractivity contribution is 14.1. The third-order valence-electron chi connectivity index (χ3n) is 3.60. The van der Waals surface area contributed by atoms with Gasteiger partial charge in [-0.2, -0.15) is 0 Å². The number of para-hydroxylation sites is 1. The molecule has 0 aliphatic carbocycles. The van der Waals surface area contributed by atoms with Crippen molar-refractivity contribution in [1.82, 2.24) is 0 Å². The Hall–Kier alpha value is -1.03. The molecule has 1 aliphatic rings. The molecule has 0 amide bonds. The maximum Gasteiger partial charge on any atom is 0.115 e. The van der Waals surface area contributed by atoms with Crippen molar-refractivity contribution in [3.8, 4) is 11.1 Å². The van der Waals surface area contributed by atoms with Gasteiger partial charge < -0.3 is 4.90 Å². The average molecular weight is 335 g/mol. The Morgan fingerprint density at radius 3 is 2.29 bits per heavy atom. The Morgan fingerprint density at radius 1 is 0.941 bits per heavy atom. The van der Waals surface area contributed by atoms with E-state index in [4.69, 9.17) is 0 Å². The van der Waals surface area contributed by atoms with Gasteiger partial charge in [0.25, 0.3) is 0 Å². The Labute approximate surface area is 116 Å². The molecule has 1 unspecified atom stereocenters. The van der Waals surface area contributed by atoms with Gasteiger partial charge in [-0.3, -0.25) is 0 Å². The van der Waals surface area contributed by atoms with Gasteiger partial charge in [0.1, 0.15) is 3.55 Å². The number of benzene rings is 2. The SMILES string of the molecule is CN1c2ccccc2-c2ccccc2C1(C)I. The highest BCUT2D eigenvalue weighted by Crippen LogP contribution is 2.49. The molecule has 1 atom stereocenters. The summed E-state index contributed by atoms with van der Waals surface area (Å²) in [5.74, 6) is 0. The summed E-state index contributed by atoms with van der Waals surface area (Å²) < 4.78 is 0.0166. The Morgan fingerprint density at radius 2 is 1.53 bits per heavy atom. The lowest BCUT2D eigenvalue weighted by molar-refractivity contribution is 0.700. The quantitative estimate of drug-likeness (QED) is 0.392. The van der Waals surface area contributed by atoms with E-state index in [9.17, 15) is 0 Å². The van der Waals surface area contributed by atoms with Gasteiger partial charge >= 0.3 is 0 Å². The molecule has 2 heteroatoms. The number of alkyl halides is 1. The number of rotatable bonds is 0. The predicted octanol–water partition coefficient (Wildman–Crippen LogP) is 4.41. The molecule has 0 saturated heterocycles. The average Bonchev–Trinajstić information content (AvgIpc) is 2.37. The number of halogens is 1. The van der Waals surface area contributed by atoms with Crippen molar-refractivity contribution in [2.75, 3.05) is 11.9 Å². The molecule has 2 aromatic carbocycles. The fourth-order valence-electron chi connectivity index (χ4n) is 2.52. The Kier molecular flexibility index (Phi) is 2.43. The van der Waals surface area contributed by atoms with Crippen LogP contribution < -0.4 is 4.90 Å². The molecule has 17 heavy (non-hydrogen) atoms. The molecule has 1 aliphatic heterocycles. The molecule has 1 nitrogen and oxygen atoms in total. The van der Waals surface area contributed by atoms with Gasteiger partial charge in [-0.05, 0) is 46.7 Å². The minimum absolute atomic E-state index is 0.0166. The summed E-state index contributed by atoms with van der Waals surface area (Å²) in [6.45, 7) is 2.27. The van der Waals surface area contributed by atoms with Crippen molar-refractivity contribution in [3.05, 3.63) is 54.1 Å². The van der Waals surface area contributed by atoms with Crippen LogP contribution in [-0.4, -0.2) is 7.05 Å². The molecule has 0 N–H and O–H groups in total. The maximum absolute atomic E-state index is 2.53. The highest BCUT2D eigenvalue weighted by atomic mass is 127. The minimum atomic E-state index is 0.0166. The number of fused-ring (bicyclic) bond motifs is 3. The molecule has 86 valence electrons. The first-order chi connectivity index (χ1) is 8.12. The lowest BCUT2D eigenvalue weighted by Gasteiger charge is -2.42. The number of anilines is 1. The topological polar surface area (TPSA) is 3.24 Å². The van der Waals surface area contributed by atoms with Crippen LogP contribution in [0.5, 0.6) is 0 Å². The second-order valence-corrected chi connectivity index (χ2v) is 6.68. The normalized spacial score (nSPS) is 21.9. The molecule has 0 fully saturated rings. The maximum atomic E-state index is 2.53. The lowest BCUT2D eigenvalue weighted by Crippen LogP contribution is -2.38. The van der Waals surface area contributed by atoms with Gasteiger partial charge in [0.05, 0.1) is 0 Å². The second kappa shape index (κ2) is 3.73. The van der Waals surface area contributed by atoms with Crippen LogP contribution in [0.2, 0.25) is 0 Å². The summed E-state index contributed by atoms with van der Waals surface area (Å²) in [6, 6.07) is 17.3. The molecule has 0 spiro atoms. The molecule has 0 saturated carbocycles. The van der Waals surface area contributed by atoms with Crippen molar-refractivity contribution in [3.63, 3.8) is 0 Å². The van der Waals surface area contributed by atoms with E-state index in [1.165, 1.54) is 22.4 Å². The molecular weight excluding hydrogens is 321 g/mol. The summed E-state index contributed by atoms with van der Waals surface area (Å²) in [6.07, 6.45) is 0. The van der Waals surface area contributed by atoms with E-state index >= 15 is 0 Å². The fraction of sp³-hybridized carbons (Fsp3) is 0.200. The summed E-state index contributed by atoms with van der Waals surface area (Å²) in [5.41, 5.74) is 5.39. The van der Waals surface area contributed by atoms with Crippen molar-refractivity contribution < 1.29 is 0 Å². The van der Waals surface area contributed by atoms with Crippen LogP contribution in [0.15, 0.2) is 48.5 Å². The van der Waals surface area contributed by atoms with Crippen molar-refractivity contribution in [2.45, 2.75) is 10.5 Å². The number of nitrogens with zero attached hydrogens (tertiary/aromatic N) is 1. The van der Waals surface area contributed by atoms with Gasteiger partial charge in [0, 0.05) is 18.3 Å². The number of hydrogen-bond donors (Lipinski definition) is 0. The van der Waals surface area contributed by atoms with Crippen molar-refractivity contribution >= 4 is 28.3 Å². The third kappa shape index (κ3) is 1.50. The zero-order valence-corrected chi connectivity index (χ0v) is 12.1. The summed E-state index contributed by atoms with van der Waals surface area (Å²) >= 11 is 2.53. The van der Waals surface area contributed by atoms with Gasteiger partial charge in [-0.25, -0.2) is 0 Å². The lowest BCUT2D eigenvalue weighted by atomic mass is 9.89. The zero-order chi connectivity index (χ0) is 12.0. The van der Waals surface area contributed by atoms with Crippen LogP contribution >= 0.6 is 22.6 Å². The Balaban J connectivity index is 2.37. The third-order valence-corrected chi connectivity index (χ3v) is 4.91. The van der Waals surface area contributed by atoms with E-state index in [2.05, 4.69) is 90.0 Å². The highest BCUT2D eigenvalue weighted by Gasteiger charge is 2.35. The smallest absolute Gasteiger partial charge is 0.115 e. The van der Waals surface area contributed by atoms with Crippen LogP contribution in [0.25, 0.3) is 11.1 Å². The molecule has 0 radical (unpaired) electrons. The predicted molar refractivity (Wildman–Crippen MR) is 81.7 cm³/mol. The fourth-order valence-corrected chi connectivity index (χ4v) is 3.25. The molecular formula is C15H14IN. The standard InChI is InChI=1S/C15H14IN/c1-15(16)13-9-5-3-7-11(13)12-8-4-6-10-14(12)17(15)2/h3-10H,1-2H3. The van der Waals surface area contributed by atoms with Crippen LogP contribution in [0.4, 0.5) is 5.69 Å². The van der Waals surface area contributed by atoms with Crippen LogP contribution in [0.1, 0.15) is 12.5 Å². The summed E-state index contributed by atoms with van der Waals surface area (Å²) in [5, 5.41) is 0. The zero-order valence-electron chi connectivity index (χ0n) is 9.94. The van der Waals surface area contributed by atoms with Gasteiger partial charge in [-0.15, -0.1) is 0 Å². The summed E-state index contributed by atoms with van der Waals surface area (Å²) in [7, 11) is 2.17.